The fourth-order valence-electron chi connectivity index (χ4n) is 1.35. The molecule has 1 unspecified atom stereocenters. The third-order valence-electron chi connectivity index (χ3n) is 2.73. The largest absolute Gasteiger partial charge is 0.480 e. The molecule has 0 heterocycles. The molecule has 0 saturated heterocycles. The molecule has 1 aromatic rings. The highest BCUT2D eigenvalue weighted by atomic mass is 19.3. The topological polar surface area (TPSA) is 57.6 Å². The van der Waals surface area contributed by atoms with Crippen LogP contribution >= 0.6 is 0 Å². The minimum absolute atomic E-state index is 0.436. The zero-order chi connectivity index (χ0) is 14.8. The lowest BCUT2D eigenvalue weighted by Gasteiger charge is -2.26. The summed E-state index contributed by atoms with van der Waals surface area (Å²) in [5, 5.41) is 8.69. The van der Waals surface area contributed by atoms with Crippen LogP contribution in [-0.2, 0) is 15.5 Å². The summed E-state index contributed by atoms with van der Waals surface area (Å²) < 4.78 is 40.3. The maximum Gasteiger partial charge on any atom is 0.349 e. The van der Waals surface area contributed by atoms with Gasteiger partial charge in [-0.1, -0.05) is 0 Å². The minimum Gasteiger partial charge on any atom is -0.480 e. The summed E-state index contributed by atoms with van der Waals surface area (Å²) in [7, 11) is 0.971. The second kappa shape index (κ2) is 5.29. The fraction of sp³-hybridized carbons (Fsp3) is 0.333. The minimum atomic E-state index is -3.91. The van der Waals surface area contributed by atoms with E-state index in [1.807, 2.05) is 0 Å². The Morgan fingerprint density at radius 2 is 1.74 bits per heavy atom. The van der Waals surface area contributed by atoms with Crippen LogP contribution in [0, 0.1) is 5.82 Å². The zero-order valence-electron chi connectivity index (χ0n) is 10.2. The summed E-state index contributed by atoms with van der Waals surface area (Å²) in [5.74, 6) is -7.68. The molecule has 0 aliphatic carbocycles. The predicted octanol–water partition coefficient (Wildman–Crippen LogP) is 1.85. The summed E-state index contributed by atoms with van der Waals surface area (Å²) in [6.45, 7) is 1.11. The van der Waals surface area contributed by atoms with Gasteiger partial charge in [-0.25, -0.2) is 9.18 Å². The van der Waals surface area contributed by atoms with E-state index in [0.29, 0.717) is 4.90 Å². The first-order chi connectivity index (χ1) is 8.67. The van der Waals surface area contributed by atoms with Gasteiger partial charge >= 0.3 is 11.9 Å². The van der Waals surface area contributed by atoms with Gasteiger partial charge < -0.3 is 10.0 Å². The number of carboxylic acid groups (broad SMARTS) is 1. The Balaban J connectivity index is 3.02. The summed E-state index contributed by atoms with van der Waals surface area (Å²) in [6, 6.07) is 1.78. The van der Waals surface area contributed by atoms with Crippen LogP contribution in [0.15, 0.2) is 24.3 Å². The highest BCUT2D eigenvalue weighted by molar-refractivity contribution is 5.88. The number of aliphatic carboxylic acids is 1. The van der Waals surface area contributed by atoms with Gasteiger partial charge in [0.1, 0.15) is 11.9 Å². The lowest BCUT2D eigenvalue weighted by molar-refractivity contribution is -0.164. The third kappa shape index (κ3) is 3.04. The average Bonchev–Trinajstić information content (AvgIpc) is 2.36. The first kappa shape index (κ1) is 15.0. The molecule has 0 spiro atoms. The monoisotopic (exact) mass is 275 g/mol. The van der Waals surface area contributed by atoms with Crippen molar-refractivity contribution in [3.63, 3.8) is 0 Å². The Morgan fingerprint density at radius 1 is 1.26 bits per heavy atom. The molecule has 7 heteroatoms. The van der Waals surface area contributed by atoms with E-state index in [0.717, 1.165) is 38.2 Å². The van der Waals surface area contributed by atoms with Gasteiger partial charge in [0.05, 0.1) is 0 Å². The number of hydrogen-bond acceptors (Lipinski definition) is 2. The molecule has 0 bridgehead atoms. The molecule has 0 aliphatic heterocycles. The van der Waals surface area contributed by atoms with E-state index in [4.69, 9.17) is 5.11 Å². The van der Waals surface area contributed by atoms with E-state index in [-0.39, 0.29) is 0 Å². The van der Waals surface area contributed by atoms with Crippen LogP contribution in [0.4, 0.5) is 13.2 Å². The van der Waals surface area contributed by atoms with E-state index in [2.05, 4.69) is 0 Å². The number of halogens is 3. The first-order valence-electron chi connectivity index (χ1n) is 5.32. The number of alkyl halides is 2. The van der Waals surface area contributed by atoms with E-state index in [1.165, 1.54) is 0 Å². The predicted molar refractivity (Wildman–Crippen MR) is 60.2 cm³/mol. The second-order valence-electron chi connectivity index (χ2n) is 4.01. The number of hydrogen-bond donors (Lipinski definition) is 1. The zero-order valence-corrected chi connectivity index (χ0v) is 10.2. The Morgan fingerprint density at radius 3 is 2.16 bits per heavy atom. The normalized spacial score (nSPS) is 12.9. The van der Waals surface area contributed by atoms with Crippen LogP contribution in [0.25, 0.3) is 0 Å². The van der Waals surface area contributed by atoms with Crippen molar-refractivity contribution in [1.29, 1.82) is 0 Å². The van der Waals surface area contributed by atoms with Gasteiger partial charge in [-0.3, -0.25) is 4.79 Å². The van der Waals surface area contributed by atoms with Crippen LogP contribution in [-0.4, -0.2) is 35.0 Å². The molecule has 1 atom stereocenters. The van der Waals surface area contributed by atoms with Gasteiger partial charge in [0.25, 0.3) is 5.91 Å². The molecule has 0 aromatic heterocycles. The maximum atomic E-state index is 13.8. The highest BCUT2D eigenvalue weighted by Crippen LogP contribution is 2.30. The lowest BCUT2D eigenvalue weighted by atomic mass is 10.1. The molecule has 1 amide bonds. The first-order valence-corrected chi connectivity index (χ1v) is 5.32. The Kier molecular flexibility index (Phi) is 4.18. The number of rotatable bonds is 4. The van der Waals surface area contributed by atoms with Crippen molar-refractivity contribution < 1.29 is 27.9 Å². The highest BCUT2D eigenvalue weighted by Gasteiger charge is 2.44. The number of benzene rings is 1. The summed E-state index contributed by atoms with van der Waals surface area (Å²) in [6.07, 6.45) is 0. The molecule has 1 aromatic carbocycles. The number of carboxylic acids is 1. The Bertz CT molecular complexity index is 487. The SMILES string of the molecule is CC(C(=O)O)N(C)C(=O)C(F)(F)c1ccc(F)cc1. The number of carbonyl (C=O) groups is 2. The molecule has 0 saturated carbocycles. The average molecular weight is 275 g/mol. The van der Waals surface area contributed by atoms with Crippen molar-refractivity contribution in [2.45, 2.75) is 18.9 Å². The van der Waals surface area contributed by atoms with Crippen LogP contribution < -0.4 is 0 Å². The molecular weight excluding hydrogens is 263 g/mol. The second-order valence-corrected chi connectivity index (χ2v) is 4.01. The molecule has 19 heavy (non-hydrogen) atoms. The van der Waals surface area contributed by atoms with E-state index in [9.17, 15) is 22.8 Å². The smallest absolute Gasteiger partial charge is 0.349 e. The Hall–Kier alpha value is -2.05. The van der Waals surface area contributed by atoms with Gasteiger partial charge in [-0.15, -0.1) is 0 Å². The molecule has 1 rings (SSSR count). The van der Waals surface area contributed by atoms with Gasteiger partial charge in [-0.2, -0.15) is 8.78 Å². The number of carbonyl (C=O) groups excluding carboxylic acids is 1. The molecule has 0 fully saturated rings. The third-order valence-corrected chi connectivity index (χ3v) is 2.73. The van der Waals surface area contributed by atoms with Gasteiger partial charge in [-0.05, 0) is 31.2 Å². The fourth-order valence-corrected chi connectivity index (χ4v) is 1.35. The molecule has 0 aliphatic rings. The van der Waals surface area contributed by atoms with Crippen LogP contribution in [0.5, 0.6) is 0 Å². The van der Waals surface area contributed by atoms with Crippen LogP contribution in [0.3, 0.4) is 0 Å². The van der Waals surface area contributed by atoms with Crippen molar-refractivity contribution in [3.8, 4) is 0 Å². The van der Waals surface area contributed by atoms with Crippen molar-refractivity contribution in [2.24, 2.45) is 0 Å². The van der Waals surface area contributed by atoms with E-state index < -0.39 is 35.2 Å². The van der Waals surface area contributed by atoms with Crippen molar-refractivity contribution in [3.05, 3.63) is 35.6 Å². The molecule has 1 N–H and O–H groups in total. The maximum absolute atomic E-state index is 13.8. The number of amides is 1. The summed E-state index contributed by atoms with van der Waals surface area (Å²) in [4.78, 5) is 22.7. The number of nitrogens with zero attached hydrogens (tertiary/aromatic N) is 1. The number of likely N-dealkylation sites (N-methyl/N-ethyl adjacent to an activating group) is 1. The van der Waals surface area contributed by atoms with Crippen LogP contribution in [0.2, 0.25) is 0 Å². The van der Waals surface area contributed by atoms with Gasteiger partial charge in [0.15, 0.2) is 0 Å². The van der Waals surface area contributed by atoms with Crippen molar-refractivity contribution in [1.82, 2.24) is 4.90 Å². The molecule has 4 nitrogen and oxygen atoms in total. The van der Waals surface area contributed by atoms with Crippen molar-refractivity contribution in [2.75, 3.05) is 7.05 Å². The molecule has 0 radical (unpaired) electrons. The standard InChI is InChI=1S/C12H12F3NO3/c1-7(10(17)18)16(2)11(19)12(14,15)8-3-5-9(13)6-4-8/h3-7H,1-2H3,(H,17,18). The van der Waals surface area contributed by atoms with Crippen LogP contribution in [0.1, 0.15) is 12.5 Å². The van der Waals surface area contributed by atoms with E-state index in [1.54, 1.807) is 0 Å². The van der Waals surface area contributed by atoms with Crippen molar-refractivity contribution >= 4 is 11.9 Å². The van der Waals surface area contributed by atoms with E-state index >= 15 is 0 Å². The van der Waals surface area contributed by atoms with Gasteiger partial charge in [0.2, 0.25) is 0 Å². The van der Waals surface area contributed by atoms with Gasteiger partial charge in [0, 0.05) is 12.6 Å². The quantitative estimate of drug-likeness (QED) is 0.912. The Labute approximate surface area is 107 Å². The molecular formula is C12H12F3NO3. The molecule has 104 valence electrons. The lowest BCUT2D eigenvalue weighted by Crippen LogP contribution is -2.47. The summed E-state index contributed by atoms with van der Waals surface area (Å²) in [5.41, 5.74) is -0.691. The summed E-state index contributed by atoms with van der Waals surface area (Å²) >= 11 is 0.